The van der Waals surface area contributed by atoms with E-state index in [1.165, 1.54) is 12.3 Å². The number of alkyl halides is 3. The number of aromatic nitrogens is 5. The van der Waals surface area contributed by atoms with Crippen LogP contribution in [0.1, 0.15) is 36.6 Å². The van der Waals surface area contributed by atoms with E-state index in [0.29, 0.717) is 22.6 Å². The van der Waals surface area contributed by atoms with Crippen molar-refractivity contribution in [1.82, 2.24) is 24.7 Å². The maximum Gasteiger partial charge on any atom is 0.435 e. The highest BCUT2D eigenvalue weighted by Crippen LogP contribution is 2.33. The van der Waals surface area contributed by atoms with E-state index >= 15 is 0 Å². The van der Waals surface area contributed by atoms with Crippen LogP contribution in [-0.4, -0.2) is 24.7 Å². The molecule has 4 aromatic heterocycles. The molecule has 0 bridgehead atoms. The first-order valence-corrected chi connectivity index (χ1v) is 10.0. The summed E-state index contributed by atoms with van der Waals surface area (Å²) >= 11 is 0. The molecule has 0 aliphatic carbocycles. The fraction of sp³-hybridized carbons (Fsp3) is 0.167. The number of nitrogens with zero attached hydrogens (tertiary/aromatic N) is 7. The molecule has 0 aliphatic heterocycles. The average molecular weight is 459 g/mol. The summed E-state index contributed by atoms with van der Waals surface area (Å²) in [7, 11) is 0. The van der Waals surface area contributed by atoms with Gasteiger partial charge in [0, 0.05) is 17.2 Å². The SMILES string of the molecule is [C-]#[N+]c1nc(C#N)ccc1-c1cccc(C(C)(C)c2cccc(-n3ccc(C(F)(F)F)n3)n2)n1. The van der Waals surface area contributed by atoms with Crippen LogP contribution in [0.3, 0.4) is 0 Å². The summed E-state index contributed by atoms with van der Waals surface area (Å²) < 4.78 is 39.9. The van der Waals surface area contributed by atoms with Gasteiger partial charge in [-0.2, -0.15) is 23.5 Å². The molecular formula is C24H16F3N7. The number of rotatable bonds is 4. The molecule has 0 saturated carbocycles. The Balaban J connectivity index is 1.73. The summed E-state index contributed by atoms with van der Waals surface area (Å²) in [5, 5.41) is 12.6. The quantitative estimate of drug-likeness (QED) is 0.377. The zero-order chi connectivity index (χ0) is 24.5. The van der Waals surface area contributed by atoms with E-state index in [9.17, 15) is 13.2 Å². The molecule has 0 fully saturated rings. The predicted molar refractivity (Wildman–Crippen MR) is 117 cm³/mol. The first-order valence-electron chi connectivity index (χ1n) is 10.0. The van der Waals surface area contributed by atoms with Crippen molar-refractivity contribution in [3.05, 3.63) is 95.0 Å². The van der Waals surface area contributed by atoms with Gasteiger partial charge in [0.1, 0.15) is 6.07 Å². The van der Waals surface area contributed by atoms with E-state index in [1.54, 1.807) is 36.4 Å². The van der Waals surface area contributed by atoms with Crippen LogP contribution in [-0.2, 0) is 11.6 Å². The smallest absolute Gasteiger partial charge is 0.360 e. The molecule has 0 saturated heterocycles. The Morgan fingerprint density at radius 3 is 2.26 bits per heavy atom. The molecule has 0 N–H and O–H groups in total. The molecule has 34 heavy (non-hydrogen) atoms. The normalized spacial score (nSPS) is 11.6. The van der Waals surface area contributed by atoms with Gasteiger partial charge in [-0.1, -0.05) is 24.8 Å². The van der Waals surface area contributed by atoms with Gasteiger partial charge < -0.3 is 4.85 Å². The number of halogens is 3. The predicted octanol–water partition coefficient (Wildman–Crippen LogP) is 5.49. The van der Waals surface area contributed by atoms with Crippen LogP contribution in [0, 0.1) is 17.9 Å². The average Bonchev–Trinajstić information content (AvgIpc) is 3.35. The lowest BCUT2D eigenvalue weighted by Crippen LogP contribution is -2.23. The Kier molecular flexibility index (Phi) is 5.60. The standard InChI is InChI=1S/C24H16F3N7/c1-23(2,19-8-5-9-21(32-19)34-13-12-20(33-34)24(25,26)27)18-7-4-6-17(31-18)16-11-10-15(14-28)30-22(16)29-3/h4-13H,1-2H3. The fourth-order valence-corrected chi connectivity index (χ4v) is 3.36. The minimum absolute atomic E-state index is 0.0702. The first kappa shape index (κ1) is 22.6. The number of nitriles is 1. The van der Waals surface area contributed by atoms with Crippen molar-refractivity contribution in [3.63, 3.8) is 0 Å². The molecule has 0 aromatic carbocycles. The molecule has 4 rings (SSSR count). The van der Waals surface area contributed by atoms with Crippen LogP contribution < -0.4 is 0 Å². The fourth-order valence-electron chi connectivity index (χ4n) is 3.36. The Labute approximate surface area is 193 Å². The minimum Gasteiger partial charge on any atom is -0.360 e. The zero-order valence-corrected chi connectivity index (χ0v) is 18.0. The third-order valence-electron chi connectivity index (χ3n) is 5.25. The van der Waals surface area contributed by atoms with Gasteiger partial charge in [-0.05, 0) is 50.2 Å². The summed E-state index contributed by atoms with van der Waals surface area (Å²) in [6.45, 7) is 11.2. The highest BCUT2D eigenvalue weighted by Gasteiger charge is 2.34. The van der Waals surface area contributed by atoms with Gasteiger partial charge in [0.15, 0.2) is 11.5 Å². The maximum atomic E-state index is 12.9. The second-order valence-corrected chi connectivity index (χ2v) is 7.85. The van der Waals surface area contributed by atoms with Gasteiger partial charge in [0.25, 0.3) is 5.82 Å². The van der Waals surface area contributed by atoms with Crippen molar-refractivity contribution in [1.29, 1.82) is 5.26 Å². The van der Waals surface area contributed by atoms with Crippen molar-refractivity contribution < 1.29 is 13.2 Å². The van der Waals surface area contributed by atoms with Gasteiger partial charge in [0.2, 0.25) is 5.69 Å². The van der Waals surface area contributed by atoms with Gasteiger partial charge in [-0.25, -0.2) is 9.67 Å². The number of hydrogen-bond donors (Lipinski definition) is 0. The molecule has 0 amide bonds. The molecule has 0 spiro atoms. The van der Waals surface area contributed by atoms with Crippen molar-refractivity contribution >= 4 is 5.82 Å². The summed E-state index contributed by atoms with van der Waals surface area (Å²) in [5.74, 6) is 0.310. The van der Waals surface area contributed by atoms with E-state index in [1.807, 2.05) is 26.0 Å². The highest BCUT2D eigenvalue weighted by molar-refractivity contribution is 5.73. The van der Waals surface area contributed by atoms with Crippen LogP contribution >= 0.6 is 0 Å². The van der Waals surface area contributed by atoms with Crippen molar-refractivity contribution in [2.45, 2.75) is 25.4 Å². The van der Waals surface area contributed by atoms with Gasteiger partial charge in [0.05, 0.1) is 17.1 Å². The Hall–Kier alpha value is -4.57. The first-order chi connectivity index (χ1) is 16.1. The van der Waals surface area contributed by atoms with E-state index in [2.05, 4.69) is 19.9 Å². The number of hydrogen-bond acceptors (Lipinski definition) is 5. The van der Waals surface area contributed by atoms with Gasteiger partial charge in [-0.15, -0.1) is 4.98 Å². The van der Waals surface area contributed by atoms with Crippen molar-refractivity contribution in [2.24, 2.45) is 0 Å². The summed E-state index contributed by atoms with van der Waals surface area (Å²) in [4.78, 5) is 16.7. The van der Waals surface area contributed by atoms with E-state index in [0.717, 1.165) is 10.7 Å². The lowest BCUT2D eigenvalue weighted by molar-refractivity contribution is -0.141. The monoisotopic (exact) mass is 459 g/mol. The maximum absolute atomic E-state index is 12.9. The lowest BCUT2D eigenvalue weighted by atomic mass is 9.84. The highest BCUT2D eigenvalue weighted by atomic mass is 19.4. The molecule has 0 atom stereocenters. The Morgan fingerprint density at radius 1 is 0.912 bits per heavy atom. The second kappa shape index (κ2) is 8.41. The molecule has 168 valence electrons. The topological polar surface area (TPSA) is 84.6 Å². The van der Waals surface area contributed by atoms with Crippen molar-refractivity contribution in [2.75, 3.05) is 0 Å². The summed E-state index contributed by atoms with van der Waals surface area (Å²) in [5.41, 5.74) is 0.605. The van der Waals surface area contributed by atoms with E-state index in [-0.39, 0.29) is 17.3 Å². The Morgan fingerprint density at radius 2 is 1.62 bits per heavy atom. The van der Waals surface area contributed by atoms with Crippen LogP contribution in [0.25, 0.3) is 21.9 Å². The molecule has 0 radical (unpaired) electrons. The minimum atomic E-state index is -4.54. The molecule has 4 heterocycles. The lowest BCUT2D eigenvalue weighted by Gasteiger charge is -2.24. The van der Waals surface area contributed by atoms with Crippen LogP contribution in [0.4, 0.5) is 19.0 Å². The van der Waals surface area contributed by atoms with Crippen molar-refractivity contribution in [3.8, 4) is 23.1 Å². The largest absolute Gasteiger partial charge is 0.435 e. The van der Waals surface area contributed by atoms with Crippen LogP contribution in [0.2, 0.25) is 0 Å². The van der Waals surface area contributed by atoms with E-state index < -0.39 is 17.3 Å². The summed E-state index contributed by atoms with van der Waals surface area (Å²) in [6.07, 6.45) is -3.33. The molecule has 7 nitrogen and oxygen atoms in total. The number of pyridine rings is 3. The molecule has 10 heteroatoms. The molecular weight excluding hydrogens is 443 g/mol. The van der Waals surface area contributed by atoms with Crippen LogP contribution in [0.5, 0.6) is 0 Å². The van der Waals surface area contributed by atoms with E-state index in [4.69, 9.17) is 16.8 Å². The molecule has 0 unspecified atom stereocenters. The second-order valence-electron chi connectivity index (χ2n) is 7.85. The molecule has 0 aliphatic rings. The Bertz CT molecular complexity index is 1460. The third-order valence-corrected chi connectivity index (χ3v) is 5.25. The van der Waals surface area contributed by atoms with Gasteiger partial charge in [-0.3, -0.25) is 4.98 Å². The van der Waals surface area contributed by atoms with Crippen LogP contribution in [0.15, 0.2) is 60.8 Å². The zero-order valence-electron chi connectivity index (χ0n) is 18.0. The third kappa shape index (κ3) is 4.21. The molecule has 4 aromatic rings. The summed E-state index contributed by atoms with van der Waals surface area (Å²) in [6, 6.07) is 16.3. The van der Waals surface area contributed by atoms with Gasteiger partial charge >= 0.3 is 6.18 Å².